The minimum Gasteiger partial charge on any atom is -0.308 e. The predicted octanol–water partition coefficient (Wildman–Crippen LogP) is 2.26. The molecule has 0 unspecified atom stereocenters. The van der Waals surface area contributed by atoms with E-state index in [0.29, 0.717) is 12.1 Å². The molecule has 2 aromatic rings. The number of pyridine rings is 1. The molecule has 0 amide bonds. The van der Waals surface area contributed by atoms with Gasteiger partial charge in [-0.05, 0) is 42.5 Å². The molecule has 19 heavy (non-hydrogen) atoms. The number of fused-ring (bicyclic) bond motifs is 1. The summed E-state index contributed by atoms with van der Waals surface area (Å²) in [4.78, 5) is 12.0. The van der Waals surface area contributed by atoms with Crippen molar-refractivity contribution < 1.29 is 0 Å². The van der Waals surface area contributed by atoms with Crippen LogP contribution in [0.5, 0.6) is 0 Å². The molecule has 0 radical (unpaired) electrons. The SMILES string of the molecule is N#Cc1cccc(Cn2c3c(ccc2=O)CCC3)c1. The molecular weight excluding hydrogens is 236 g/mol. The molecule has 1 aromatic heterocycles. The van der Waals surface area contributed by atoms with E-state index in [1.165, 1.54) is 5.56 Å². The molecular formula is C16H14N2O. The topological polar surface area (TPSA) is 45.8 Å². The van der Waals surface area contributed by atoms with Crippen LogP contribution in [0.25, 0.3) is 0 Å². The molecule has 0 bridgehead atoms. The van der Waals surface area contributed by atoms with Gasteiger partial charge in [0.2, 0.25) is 0 Å². The zero-order valence-corrected chi connectivity index (χ0v) is 10.6. The van der Waals surface area contributed by atoms with Crippen LogP contribution < -0.4 is 5.56 Å². The average Bonchev–Trinajstić information content (AvgIpc) is 2.91. The fraction of sp³-hybridized carbons (Fsp3) is 0.250. The number of benzene rings is 1. The number of nitrogens with zero attached hydrogens (tertiary/aromatic N) is 2. The van der Waals surface area contributed by atoms with Gasteiger partial charge in [-0.25, -0.2) is 0 Å². The Morgan fingerprint density at radius 2 is 2.11 bits per heavy atom. The van der Waals surface area contributed by atoms with Gasteiger partial charge >= 0.3 is 0 Å². The summed E-state index contributed by atoms with van der Waals surface area (Å²) in [6.45, 7) is 0.553. The van der Waals surface area contributed by atoms with Crippen LogP contribution in [0, 0.1) is 11.3 Å². The minimum absolute atomic E-state index is 0.0445. The predicted molar refractivity (Wildman–Crippen MR) is 73.0 cm³/mol. The van der Waals surface area contributed by atoms with Crippen LogP contribution in [0.4, 0.5) is 0 Å². The summed E-state index contributed by atoms with van der Waals surface area (Å²) in [7, 11) is 0. The van der Waals surface area contributed by atoms with Gasteiger partial charge in [-0.2, -0.15) is 5.26 Å². The first-order chi connectivity index (χ1) is 9.28. The third-order valence-corrected chi connectivity index (χ3v) is 3.65. The molecule has 3 nitrogen and oxygen atoms in total. The minimum atomic E-state index is 0.0445. The monoisotopic (exact) mass is 250 g/mol. The van der Waals surface area contributed by atoms with Gasteiger partial charge in [-0.15, -0.1) is 0 Å². The molecule has 1 aliphatic rings. The number of aromatic nitrogens is 1. The van der Waals surface area contributed by atoms with E-state index < -0.39 is 0 Å². The van der Waals surface area contributed by atoms with Gasteiger partial charge in [0, 0.05) is 11.8 Å². The maximum absolute atomic E-state index is 12.0. The van der Waals surface area contributed by atoms with Crippen LogP contribution in [0.3, 0.4) is 0 Å². The van der Waals surface area contributed by atoms with Gasteiger partial charge < -0.3 is 4.57 Å². The second-order valence-corrected chi connectivity index (χ2v) is 4.90. The van der Waals surface area contributed by atoms with Gasteiger partial charge in [0.05, 0.1) is 18.2 Å². The Bertz CT molecular complexity index is 722. The summed E-state index contributed by atoms with van der Waals surface area (Å²) < 4.78 is 1.85. The van der Waals surface area contributed by atoms with Crippen LogP contribution in [0.2, 0.25) is 0 Å². The third kappa shape index (κ3) is 2.17. The smallest absolute Gasteiger partial charge is 0.251 e. The highest BCUT2D eigenvalue weighted by atomic mass is 16.1. The third-order valence-electron chi connectivity index (χ3n) is 3.65. The molecule has 0 N–H and O–H groups in total. The molecule has 0 spiro atoms. The highest BCUT2D eigenvalue weighted by Gasteiger charge is 2.15. The normalized spacial score (nSPS) is 13.0. The molecule has 0 saturated carbocycles. The number of hydrogen-bond acceptors (Lipinski definition) is 2. The first-order valence-electron chi connectivity index (χ1n) is 6.48. The second kappa shape index (κ2) is 4.74. The van der Waals surface area contributed by atoms with Crippen molar-refractivity contribution >= 4 is 0 Å². The summed E-state index contributed by atoms with van der Waals surface area (Å²) in [5, 5.41) is 8.92. The van der Waals surface area contributed by atoms with E-state index in [2.05, 4.69) is 6.07 Å². The Kier molecular flexibility index (Phi) is 2.92. The Balaban J connectivity index is 2.02. The van der Waals surface area contributed by atoms with Crippen LogP contribution in [-0.4, -0.2) is 4.57 Å². The first-order valence-corrected chi connectivity index (χ1v) is 6.48. The fourth-order valence-electron chi connectivity index (χ4n) is 2.73. The van der Waals surface area contributed by atoms with Crippen LogP contribution in [-0.2, 0) is 19.4 Å². The maximum atomic E-state index is 12.0. The number of nitriles is 1. The van der Waals surface area contributed by atoms with Crippen LogP contribution in [0.15, 0.2) is 41.2 Å². The van der Waals surface area contributed by atoms with E-state index in [1.54, 1.807) is 12.1 Å². The lowest BCUT2D eigenvalue weighted by Crippen LogP contribution is -2.23. The van der Waals surface area contributed by atoms with E-state index in [9.17, 15) is 4.79 Å². The standard InChI is InChI=1S/C16H14N2O/c17-10-12-3-1-4-13(9-12)11-18-15-6-2-5-14(15)7-8-16(18)19/h1,3-4,7-9H,2,5-6,11H2. The van der Waals surface area contributed by atoms with Crippen molar-refractivity contribution in [2.45, 2.75) is 25.8 Å². The summed E-state index contributed by atoms with van der Waals surface area (Å²) in [5.74, 6) is 0. The van der Waals surface area contributed by atoms with Gasteiger partial charge in [0.1, 0.15) is 0 Å². The van der Waals surface area contributed by atoms with E-state index >= 15 is 0 Å². The van der Waals surface area contributed by atoms with Crippen LogP contribution >= 0.6 is 0 Å². The van der Waals surface area contributed by atoms with Gasteiger partial charge in [0.25, 0.3) is 5.56 Å². The Morgan fingerprint density at radius 1 is 1.21 bits per heavy atom. The van der Waals surface area contributed by atoms with Crippen molar-refractivity contribution in [2.75, 3.05) is 0 Å². The summed E-state index contributed by atoms with van der Waals surface area (Å²) >= 11 is 0. The molecule has 3 rings (SSSR count). The van der Waals surface area contributed by atoms with Crippen LogP contribution in [0.1, 0.15) is 28.8 Å². The molecule has 1 aromatic carbocycles. The van der Waals surface area contributed by atoms with Gasteiger partial charge in [0.15, 0.2) is 0 Å². The molecule has 1 aliphatic carbocycles. The molecule has 1 heterocycles. The number of aryl methyl sites for hydroxylation is 1. The molecule has 0 aliphatic heterocycles. The number of rotatable bonds is 2. The zero-order valence-electron chi connectivity index (χ0n) is 10.6. The Hall–Kier alpha value is -2.34. The first kappa shape index (κ1) is 11.7. The van der Waals surface area contributed by atoms with E-state index in [-0.39, 0.29) is 5.56 Å². The van der Waals surface area contributed by atoms with E-state index in [4.69, 9.17) is 5.26 Å². The second-order valence-electron chi connectivity index (χ2n) is 4.90. The Labute approximate surface area is 111 Å². The quantitative estimate of drug-likeness (QED) is 0.820. The zero-order chi connectivity index (χ0) is 13.2. The Morgan fingerprint density at radius 3 is 2.95 bits per heavy atom. The lowest BCUT2D eigenvalue weighted by Gasteiger charge is -2.12. The average molecular weight is 250 g/mol. The molecule has 0 atom stereocenters. The summed E-state index contributed by atoms with van der Waals surface area (Å²) in [6.07, 6.45) is 3.16. The van der Waals surface area contributed by atoms with Crippen molar-refractivity contribution in [3.8, 4) is 6.07 Å². The number of hydrogen-bond donors (Lipinski definition) is 0. The molecule has 3 heteroatoms. The van der Waals surface area contributed by atoms with Crippen molar-refractivity contribution in [3.05, 3.63) is 69.1 Å². The van der Waals surface area contributed by atoms with Crippen molar-refractivity contribution in [1.82, 2.24) is 4.57 Å². The summed E-state index contributed by atoms with van der Waals surface area (Å²) in [5.41, 5.74) is 4.13. The van der Waals surface area contributed by atoms with Gasteiger partial charge in [-0.1, -0.05) is 18.2 Å². The van der Waals surface area contributed by atoms with Crippen molar-refractivity contribution in [1.29, 1.82) is 5.26 Å². The molecule has 0 saturated heterocycles. The lowest BCUT2D eigenvalue weighted by atomic mass is 10.1. The fourth-order valence-corrected chi connectivity index (χ4v) is 2.73. The van der Waals surface area contributed by atoms with Crippen molar-refractivity contribution in [3.63, 3.8) is 0 Å². The molecule has 0 fully saturated rings. The van der Waals surface area contributed by atoms with E-state index in [1.807, 2.05) is 28.8 Å². The highest BCUT2D eigenvalue weighted by Crippen LogP contribution is 2.20. The van der Waals surface area contributed by atoms with Gasteiger partial charge in [-0.3, -0.25) is 4.79 Å². The summed E-state index contributed by atoms with van der Waals surface area (Å²) in [6, 6.07) is 13.2. The van der Waals surface area contributed by atoms with E-state index in [0.717, 1.165) is 30.5 Å². The highest BCUT2D eigenvalue weighted by molar-refractivity contribution is 5.34. The molecule has 94 valence electrons. The lowest BCUT2D eigenvalue weighted by molar-refractivity contribution is 0.707. The largest absolute Gasteiger partial charge is 0.308 e. The van der Waals surface area contributed by atoms with Crippen molar-refractivity contribution in [2.24, 2.45) is 0 Å². The maximum Gasteiger partial charge on any atom is 0.251 e.